The molecule has 6 heteroatoms. The first-order valence-electron chi connectivity index (χ1n) is 7.48. The molecule has 0 radical (unpaired) electrons. The van der Waals surface area contributed by atoms with E-state index in [9.17, 15) is 4.79 Å². The van der Waals surface area contributed by atoms with Crippen LogP contribution in [-0.2, 0) is 6.54 Å². The van der Waals surface area contributed by atoms with Crippen molar-refractivity contribution < 1.29 is 9.53 Å². The molecule has 2 atom stereocenters. The lowest BCUT2D eigenvalue weighted by Crippen LogP contribution is -2.44. The monoisotopic (exact) mass is 300 g/mol. The van der Waals surface area contributed by atoms with Crippen LogP contribution in [0, 0.1) is 0 Å². The number of benzene rings is 1. The second kappa shape index (κ2) is 6.51. The van der Waals surface area contributed by atoms with Crippen molar-refractivity contribution >= 4 is 6.03 Å². The fraction of sp³-hybridized carbons (Fsp3) is 0.375. The lowest BCUT2D eigenvalue weighted by molar-refractivity contribution is 0.219. The average Bonchev–Trinajstić information content (AvgIpc) is 3.00. The Balaban J connectivity index is 1.56. The van der Waals surface area contributed by atoms with Gasteiger partial charge < -0.3 is 15.4 Å². The molecule has 3 rings (SSSR count). The molecular weight excluding hydrogens is 280 g/mol. The molecule has 0 fully saturated rings. The molecule has 0 saturated carbocycles. The van der Waals surface area contributed by atoms with Gasteiger partial charge in [-0.2, -0.15) is 5.10 Å². The fourth-order valence-corrected chi connectivity index (χ4v) is 2.65. The van der Waals surface area contributed by atoms with Gasteiger partial charge >= 0.3 is 6.03 Å². The van der Waals surface area contributed by atoms with Crippen molar-refractivity contribution in [3.63, 3.8) is 0 Å². The first kappa shape index (κ1) is 14.4. The van der Waals surface area contributed by atoms with E-state index in [2.05, 4.69) is 15.7 Å². The predicted molar refractivity (Wildman–Crippen MR) is 82.7 cm³/mol. The number of nitrogens with one attached hydrogen (secondary N) is 2. The van der Waals surface area contributed by atoms with Crippen LogP contribution in [0.1, 0.15) is 24.9 Å². The van der Waals surface area contributed by atoms with Crippen LogP contribution in [0.2, 0.25) is 0 Å². The highest BCUT2D eigenvalue weighted by atomic mass is 16.5. The summed E-state index contributed by atoms with van der Waals surface area (Å²) in [6.07, 6.45) is 4.38. The number of aromatic nitrogens is 2. The van der Waals surface area contributed by atoms with E-state index in [1.165, 1.54) is 0 Å². The van der Waals surface area contributed by atoms with Gasteiger partial charge in [-0.1, -0.05) is 18.2 Å². The summed E-state index contributed by atoms with van der Waals surface area (Å²) in [6, 6.07) is 9.51. The summed E-state index contributed by atoms with van der Waals surface area (Å²) >= 11 is 0. The zero-order valence-electron chi connectivity index (χ0n) is 12.5. The van der Waals surface area contributed by atoms with E-state index in [1.54, 1.807) is 10.9 Å². The largest absolute Gasteiger partial charge is 0.493 e. The van der Waals surface area contributed by atoms with Crippen molar-refractivity contribution in [2.75, 3.05) is 6.61 Å². The fourth-order valence-electron chi connectivity index (χ4n) is 2.65. The van der Waals surface area contributed by atoms with Gasteiger partial charge in [0, 0.05) is 30.4 Å². The van der Waals surface area contributed by atoms with Gasteiger partial charge in [0.2, 0.25) is 0 Å². The molecule has 6 nitrogen and oxygen atoms in total. The predicted octanol–water partition coefficient (Wildman–Crippen LogP) is 2.09. The summed E-state index contributed by atoms with van der Waals surface area (Å²) in [4.78, 5) is 12.2. The number of carbonyl (C=O) groups is 1. The topological polar surface area (TPSA) is 68.2 Å². The molecule has 2 amide bonds. The summed E-state index contributed by atoms with van der Waals surface area (Å²) in [5, 5.41) is 10.1. The van der Waals surface area contributed by atoms with Crippen LogP contribution in [-0.4, -0.2) is 28.5 Å². The average molecular weight is 300 g/mol. The SMILES string of the molecule is CC(Cn1cccn1)NC(=O)NC1CCOc2ccccc21. The van der Waals surface area contributed by atoms with Gasteiger partial charge in [0.1, 0.15) is 5.75 Å². The van der Waals surface area contributed by atoms with E-state index in [4.69, 9.17) is 4.74 Å². The van der Waals surface area contributed by atoms with Crippen LogP contribution < -0.4 is 15.4 Å². The number of rotatable bonds is 4. The Morgan fingerprint density at radius 2 is 2.32 bits per heavy atom. The Morgan fingerprint density at radius 1 is 1.45 bits per heavy atom. The van der Waals surface area contributed by atoms with Gasteiger partial charge in [-0.15, -0.1) is 0 Å². The third-order valence-electron chi connectivity index (χ3n) is 3.66. The number of hydrogen-bond acceptors (Lipinski definition) is 3. The summed E-state index contributed by atoms with van der Waals surface area (Å²) in [7, 11) is 0. The van der Waals surface area contributed by atoms with Crippen molar-refractivity contribution in [1.29, 1.82) is 0 Å². The van der Waals surface area contributed by atoms with Crippen LogP contribution in [0.3, 0.4) is 0 Å². The molecule has 2 N–H and O–H groups in total. The van der Waals surface area contributed by atoms with Crippen LogP contribution in [0.25, 0.3) is 0 Å². The normalized spacial score (nSPS) is 18.0. The van der Waals surface area contributed by atoms with Gasteiger partial charge in [0.25, 0.3) is 0 Å². The van der Waals surface area contributed by atoms with Gasteiger partial charge in [-0.3, -0.25) is 4.68 Å². The summed E-state index contributed by atoms with van der Waals surface area (Å²) in [6.45, 7) is 3.22. The van der Waals surface area contributed by atoms with Crippen molar-refractivity contribution in [3.05, 3.63) is 48.3 Å². The van der Waals surface area contributed by atoms with E-state index in [0.717, 1.165) is 17.7 Å². The quantitative estimate of drug-likeness (QED) is 0.908. The molecular formula is C16H20N4O2. The summed E-state index contributed by atoms with van der Waals surface area (Å²) < 4.78 is 7.40. The molecule has 116 valence electrons. The third-order valence-corrected chi connectivity index (χ3v) is 3.66. The zero-order valence-corrected chi connectivity index (χ0v) is 12.5. The highest BCUT2D eigenvalue weighted by Crippen LogP contribution is 2.31. The number of urea groups is 1. The Kier molecular flexibility index (Phi) is 4.27. The minimum Gasteiger partial charge on any atom is -0.493 e. The van der Waals surface area contributed by atoms with Gasteiger partial charge in [0.05, 0.1) is 19.2 Å². The Labute approximate surface area is 129 Å². The van der Waals surface area contributed by atoms with Crippen molar-refractivity contribution in [2.24, 2.45) is 0 Å². The minimum atomic E-state index is -0.165. The van der Waals surface area contributed by atoms with E-state index in [0.29, 0.717) is 13.2 Å². The number of hydrogen-bond donors (Lipinski definition) is 2. The van der Waals surface area contributed by atoms with Crippen molar-refractivity contribution in [3.8, 4) is 5.75 Å². The maximum Gasteiger partial charge on any atom is 0.315 e. The molecule has 1 aliphatic rings. The molecule has 0 aliphatic carbocycles. The van der Waals surface area contributed by atoms with E-state index in [-0.39, 0.29) is 18.1 Å². The Hall–Kier alpha value is -2.50. The third kappa shape index (κ3) is 3.39. The van der Waals surface area contributed by atoms with E-state index < -0.39 is 0 Å². The molecule has 2 aromatic rings. The smallest absolute Gasteiger partial charge is 0.315 e. The maximum absolute atomic E-state index is 12.2. The first-order chi connectivity index (χ1) is 10.7. The van der Waals surface area contributed by atoms with Crippen molar-refractivity contribution in [2.45, 2.75) is 32.0 Å². The van der Waals surface area contributed by atoms with Crippen molar-refractivity contribution in [1.82, 2.24) is 20.4 Å². The summed E-state index contributed by atoms with van der Waals surface area (Å²) in [5.41, 5.74) is 1.03. The summed E-state index contributed by atoms with van der Waals surface area (Å²) in [5.74, 6) is 0.851. The van der Waals surface area contributed by atoms with E-state index in [1.807, 2.05) is 43.5 Å². The highest BCUT2D eigenvalue weighted by molar-refractivity contribution is 5.75. The molecule has 2 heterocycles. The molecule has 1 aromatic heterocycles. The zero-order chi connectivity index (χ0) is 15.4. The number of ether oxygens (including phenoxy) is 1. The lowest BCUT2D eigenvalue weighted by atomic mass is 10.0. The molecule has 1 aliphatic heterocycles. The van der Waals surface area contributed by atoms with Gasteiger partial charge in [-0.25, -0.2) is 4.79 Å². The van der Waals surface area contributed by atoms with Crippen LogP contribution in [0.5, 0.6) is 5.75 Å². The standard InChI is InChI=1S/C16H20N4O2/c1-12(11-20-9-4-8-17-20)18-16(21)19-14-7-10-22-15-6-3-2-5-13(14)15/h2-6,8-9,12,14H,7,10-11H2,1H3,(H2,18,19,21). The molecule has 0 spiro atoms. The van der Waals surface area contributed by atoms with E-state index >= 15 is 0 Å². The molecule has 0 bridgehead atoms. The molecule has 0 saturated heterocycles. The number of nitrogens with zero attached hydrogens (tertiary/aromatic N) is 2. The van der Waals surface area contributed by atoms with Crippen LogP contribution >= 0.6 is 0 Å². The Morgan fingerprint density at radius 3 is 3.14 bits per heavy atom. The lowest BCUT2D eigenvalue weighted by Gasteiger charge is -2.27. The maximum atomic E-state index is 12.2. The minimum absolute atomic E-state index is 0.00464. The number of amides is 2. The molecule has 22 heavy (non-hydrogen) atoms. The first-order valence-corrected chi connectivity index (χ1v) is 7.48. The number of fused-ring (bicyclic) bond motifs is 1. The second-order valence-electron chi connectivity index (χ2n) is 5.47. The number of carbonyl (C=O) groups excluding carboxylic acids is 1. The second-order valence-corrected chi connectivity index (χ2v) is 5.47. The molecule has 2 unspecified atom stereocenters. The van der Waals surface area contributed by atoms with Gasteiger partial charge in [-0.05, 0) is 19.1 Å². The van der Waals surface area contributed by atoms with Crippen LogP contribution in [0.4, 0.5) is 4.79 Å². The van der Waals surface area contributed by atoms with Crippen LogP contribution in [0.15, 0.2) is 42.7 Å². The highest BCUT2D eigenvalue weighted by Gasteiger charge is 2.22. The Bertz CT molecular complexity index is 627. The molecule has 1 aromatic carbocycles. The number of para-hydroxylation sites is 1. The van der Waals surface area contributed by atoms with Gasteiger partial charge in [0.15, 0.2) is 0 Å².